The summed E-state index contributed by atoms with van der Waals surface area (Å²) in [6.07, 6.45) is 8.40. The molecule has 32 heavy (non-hydrogen) atoms. The lowest BCUT2D eigenvalue weighted by molar-refractivity contribution is -0.135. The first kappa shape index (κ1) is 27.2. The van der Waals surface area contributed by atoms with E-state index in [1.54, 1.807) is 0 Å². The SMILES string of the molecule is CCCCC(CC)CN(CC(CC)CCC)c1ccc(/C(C#N)=C(/C#N)C(=O)OC)cc1. The monoisotopic (exact) mass is 437 g/mol. The second kappa shape index (κ2) is 15.1. The zero-order valence-corrected chi connectivity index (χ0v) is 20.5. The van der Waals surface area contributed by atoms with Gasteiger partial charge in [0.15, 0.2) is 5.57 Å². The molecule has 0 aliphatic heterocycles. The van der Waals surface area contributed by atoms with Crippen LogP contribution in [-0.4, -0.2) is 26.2 Å². The van der Waals surface area contributed by atoms with Gasteiger partial charge in [-0.15, -0.1) is 0 Å². The summed E-state index contributed by atoms with van der Waals surface area (Å²) in [7, 11) is 1.21. The molecule has 0 saturated heterocycles. The maximum absolute atomic E-state index is 11.9. The minimum Gasteiger partial charge on any atom is -0.465 e. The van der Waals surface area contributed by atoms with Gasteiger partial charge < -0.3 is 9.64 Å². The topological polar surface area (TPSA) is 77.1 Å². The highest BCUT2D eigenvalue weighted by molar-refractivity contribution is 6.04. The van der Waals surface area contributed by atoms with E-state index in [2.05, 4.69) is 37.3 Å². The summed E-state index contributed by atoms with van der Waals surface area (Å²) in [5, 5.41) is 18.9. The van der Waals surface area contributed by atoms with E-state index in [1.165, 1.54) is 39.2 Å². The van der Waals surface area contributed by atoms with Crippen molar-refractivity contribution in [3.63, 3.8) is 0 Å². The maximum Gasteiger partial charge on any atom is 0.350 e. The van der Waals surface area contributed by atoms with Gasteiger partial charge in [-0.25, -0.2) is 4.79 Å². The summed E-state index contributed by atoms with van der Waals surface area (Å²) in [6.45, 7) is 11.0. The average molecular weight is 438 g/mol. The van der Waals surface area contributed by atoms with Gasteiger partial charge in [0.25, 0.3) is 0 Å². The van der Waals surface area contributed by atoms with Gasteiger partial charge in [0.05, 0.1) is 12.7 Å². The van der Waals surface area contributed by atoms with E-state index >= 15 is 0 Å². The summed E-state index contributed by atoms with van der Waals surface area (Å²) in [6, 6.07) is 11.5. The highest BCUT2D eigenvalue weighted by atomic mass is 16.5. The highest BCUT2D eigenvalue weighted by Gasteiger charge is 2.20. The molecule has 0 aliphatic rings. The van der Waals surface area contributed by atoms with E-state index in [0.29, 0.717) is 17.4 Å². The Morgan fingerprint density at radius 1 is 0.938 bits per heavy atom. The van der Waals surface area contributed by atoms with E-state index in [9.17, 15) is 15.3 Å². The lowest BCUT2D eigenvalue weighted by Gasteiger charge is -2.32. The van der Waals surface area contributed by atoms with Crippen molar-refractivity contribution < 1.29 is 9.53 Å². The Morgan fingerprint density at radius 3 is 1.97 bits per heavy atom. The zero-order valence-electron chi connectivity index (χ0n) is 20.5. The Bertz CT molecular complexity index is 815. The first-order valence-electron chi connectivity index (χ1n) is 12.0. The van der Waals surface area contributed by atoms with Crippen molar-refractivity contribution in [1.29, 1.82) is 10.5 Å². The van der Waals surface area contributed by atoms with Gasteiger partial charge in [0, 0.05) is 18.8 Å². The Kier molecular flexibility index (Phi) is 12.8. The molecule has 0 amide bonds. The Labute approximate surface area is 194 Å². The van der Waals surface area contributed by atoms with Crippen LogP contribution in [0.25, 0.3) is 5.57 Å². The van der Waals surface area contributed by atoms with Crippen molar-refractivity contribution in [2.45, 2.75) is 72.6 Å². The minimum absolute atomic E-state index is 0.0456. The van der Waals surface area contributed by atoms with E-state index in [1.807, 2.05) is 36.4 Å². The normalized spacial score (nSPS) is 13.3. The fraction of sp³-hybridized carbons (Fsp3) is 0.593. The second-order valence-electron chi connectivity index (χ2n) is 8.40. The Morgan fingerprint density at radius 2 is 1.53 bits per heavy atom. The number of rotatable bonds is 14. The summed E-state index contributed by atoms with van der Waals surface area (Å²) < 4.78 is 4.66. The first-order valence-corrected chi connectivity index (χ1v) is 12.0. The van der Waals surface area contributed by atoms with E-state index in [-0.39, 0.29) is 11.1 Å². The van der Waals surface area contributed by atoms with Gasteiger partial charge >= 0.3 is 5.97 Å². The van der Waals surface area contributed by atoms with Crippen molar-refractivity contribution >= 4 is 17.2 Å². The van der Waals surface area contributed by atoms with Crippen LogP contribution >= 0.6 is 0 Å². The van der Waals surface area contributed by atoms with Gasteiger partial charge in [0.2, 0.25) is 0 Å². The molecule has 5 nitrogen and oxygen atoms in total. The predicted molar refractivity (Wildman–Crippen MR) is 131 cm³/mol. The van der Waals surface area contributed by atoms with Crippen molar-refractivity contribution in [1.82, 2.24) is 0 Å². The van der Waals surface area contributed by atoms with Gasteiger partial charge in [0.1, 0.15) is 12.1 Å². The lowest BCUT2D eigenvalue weighted by Crippen LogP contribution is -2.34. The van der Waals surface area contributed by atoms with Crippen LogP contribution < -0.4 is 4.90 Å². The third-order valence-electron chi connectivity index (χ3n) is 6.16. The molecule has 1 aromatic carbocycles. The van der Waals surface area contributed by atoms with Crippen molar-refractivity contribution in [3.05, 3.63) is 35.4 Å². The fourth-order valence-electron chi connectivity index (χ4n) is 4.07. The number of nitriles is 2. The maximum atomic E-state index is 11.9. The number of hydrogen-bond acceptors (Lipinski definition) is 5. The summed E-state index contributed by atoms with van der Waals surface area (Å²) in [4.78, 5) is 14.4. The third kappa shape index (κ3) is 8.04. The second-order valence-corrected chi connectivity index (χ2v) is 8.40. The molecule has 0 radical (unpaired) electrons. The predicted octanol–water partition coefficient (Wildman–Crippen LogP) is 6.51. The number of unbranched alkanes of at least 4 members (excludes halogenated alkanes) is 1. The summed E-state index contributed by atoms with van der Waals surface area (Å²) in [5.41, 5.74) is 1.45. The third-order valence-corrected chi connectivity index (χ3v) is 6.16. The zero-order chi connectivity index (χ0) is 23.9. The van der Waals surface area contributed by atoms with Gasteiger partial charge in [-0.05, 0) is 42.4 Å². The van der Waals surface area contributed by atoms with E-state index in [0.717, 1.165) is 31.6 Å². The number of allylic oxidation sites excluding steroid dienone is 1. The number of carbonyl (C=O) groups is 1. The van der Waals surface area contributed by atoms with Crippen LogP contribution in [0.15, 0.2) is 29.8 Å². The molecule has 0 bridgehead atoms. The minimum atomic E-state index is -0.790. The van der Waals surface area contributed by atoms with Crippen molar-refractivity contribution in [2.75, 3.05) is 25.1 Å². The number of anilines is 1. The van der Waals surface area contributed by atoms with Crippen LogP contribution in [-0.2, 0) is 9.53 Å². The molecule has 2 unspecified atom stereocenters. The summed E-state index contributed by atoms with van der Waals surface area (Å²) >= 11 is 0. The quantitative estimate of drug-likeness (QED) is 0.188. The molecule has 0 saturated carbocycles. The van der Waals surface area contributed by atoms with E-state index < -0.39 is 5.97 Å². The van der Waals surface area contributed by atoms with Crippen LogP contribution in [0, 0.1) is 34.5 Å². The number of esters is 1. The number of nitrogens with zero attached hydrogens (tertiary/aromatic N) is 3. The molecule has 0 N–H and O–H groups in total. The Hall–Kier alpha value is -2.79. The highest BCUT2D eigenvalue weighted by Crippen LogP contribution is 2.26. The van der Waals surface area contributed by atoms with Crippen LogP contribution in [0.3, 0.4) is 0 Å². The molecule has 174 valence electrons. The molecule has 2 atom stereocenters. The van der Waals surface area contributed by atoms with Crippen LogP contribution in [0.5, 0.6) is 0 Å². The Balaban J connectivity index is 3.27. The van der Waals surface area contributed by atoms with Gasteiger partial charge in [-0.2, -0.15) is 10.5 Å². The smallest absolute Gasteiger partial charge is 0.350 e. The molecule has 0 fully saturated rings. The van der Waals surface area contributed by atoms with Crippen molar-refractivity contribution in [2.24, 2.45) is 11.8 Å². The van der Waals surface area contributed by atoms with Crippen LogP contribution in [0.2, 0.25) is 0 Å². The van der Waals surface area contributed by atoms with Gasteiger partial charge in [-0.3, -0.25) is 0 Å². The first-order chi connectivity index (χ1) is 15.5. The number of benzene rings is 1. The van der Waals surface area contributed by atoms with E-state index in [4.69, 9.17) is 0 Å². The standard InChI is InChI=1S/C27H39N3O2/c1-6-10-12-22(9-4)20-30(19-21(8-3)11-7-2)24-15-13-23(14-16-24)25(17-28)26(18-29)27(31)32-5/h13-16,21-22H,6-12,19-20H2,1-5H3/b26-25-. The van der Waals surface area contributed by atoms with Crippen LogP contribution in [0.4, 0.5) is 5.69 Å². The molecular weight excluding hydrogens is 398 g/mol. The number of carbonyl (C=O) groups excluding carboxylic acids is 1. The number of ether oxygens (including phenoxy) is 1. The fourth-order valence-corrected chi connectivity index (χ4v) is 4.07. The van der Waals surface area contributed by atoms with Gasteiger partial charge in [-0.1, -0.05) is 71.9 Å². The molecular formula is C27H39N3O2. The average Bonchev–Trinajstić information content (AvgIpc) is 2.83. The largest absolute Gasteiger partial charge is 0.465 e. The van der Waals surface area contributed by atoms with Crippen molar-refractivity contribution in [3.8, 4) is 12.1 Å². The molecule has 5 heteroatoms. The number of hydrogen-bond donors (Lipinski definition) is 0. The molecule has 0 heterocycles. The molecule has 1 rings (SSSR count). The lowest BCUT2D eigenvalue weighted by atomic mass is 9.95. The molecule has 0 spiro atoms. The molecule has 1 aromatic rings. The van der Waals surface area contributed by atoms with Crippen LogP contribution in [0.1, 0.15) is 78.2 Å². The summed E-state index contributed by atoms with van der Waals surface area (Å²) in [5.74, 6) is 0.497. The molecule has 0 aliphatic carbocycles. The number of methoxy groups -OCH3 is 1. The molecule has 0 aromatic heterocycles.